The van der Waals surface area contributed by atoms with E-state index in [9.17, 15) is 18.3 Å². The van der Waals surface area contributed by atoms with E-state index < -0.39 is 21.3 Å². The first kappa shape index (κ1) is 12.4. The molecule has 0 saturated heterocycles. The highest BCUT2D eigenvalue weighted by Crippen LogP contribution is 2.25. The first-order valence-corrected chi connectivity index (χ1v) is 6.63. The van der Waals surface area contributed by atoms with Crippen LogP contribution in [-0.2, 0) is 9.84 Å². The van der Waals surface area contributed by atoms with Gasteiger partial charge in [-0.3, -0.25) is 9.78 Å². The van der Waals surface area contributed by atoms with Crippen LogP contribution in [0, 0.1) is 6.92 Å². The lowest BCUT2D eigenvalue weighted by Gasteiger charge is -2.06. The molecule has 0 aliphatic heterocycles. The van der Waals surface area contributed by atoms with Crippen molar-refractivity contribution in [3.8, 4) is 5.88 Å². The van der Waals surface area contributed by atoms with Crippen molar-refractivity contribution in [1.29, 1.82) is 0 Å². The molecule has 0 atom stereocenters. The normalized spacial score (nSPS) is 11.4. The molecule has 2 aromatic rings. The van der Waals surface area contributed by atoms with Crippen molar-refractivity contribution in [3.05, 3.63) is 52.3 Å². The van der Waals surface area contributed by atoms with Gasteiger partial charge in [0.25, 0.3) is 5.56 Å². The van der Waals surface area contributed by atoms with Gasteiger partial charge in [0, 0.05) is 6.07 Å². The number of aromatic amines is 1. The van der Waals surface area contributed by atoms with E-state index in [1.165, 1.54) is 12.1 Å². The molecular formula is C12H11NO4S. The SMILES string of the molecule is Cc1ccc(S(=O)(=O)c2ccc(=O)[nH]c2O)cc1. The molecule has 5 nitrogen and oxygen atoms in total. The van der Waals surface area contributed by atoms with Crippen molar-refractivity contribution in [2.75, 3.05) is 0 Å². The zero-order valence-corrected chi connectivity index (χ0v) is 10.4. The van der Waals surface area contributed by atoms with E-state index in [2.05, 4.69) is 0 Å². The molecule has 1 aromatic heterocycles. The van der Waals surface area contributed by atoms with Crippen molar-refractivity contribution < 1.29 is 13.5 Å². The fraction of sp³-hybridized carbons (Fsp3) is 0.0833. The van der Waals surface area contributed by atoms with Crippen molar-refractivity contribution >= 4 is 9.84 Å². The molecule has 1 heterocycles. The van der Waals surface area contributed by atoms with Crippen molar-refractivity contribution in [3.63, 3.8) is 0 Å². The molecular weight excluding hydrogens is 254 g/mol. The van der Waals surface area contributed by atoms with Gasteiger partial charge in [0.2, 0.25) is 15.7 Å². The molecule has 94 valence electrons. The Morgan fingerprint density at radius 2 is 1.67 bits per heavy atom. The number of benzene rings is 1. The van der Waals surface area contributed by atoms with E-state index >= 15 is 0 Å². The minimum absolute atomic E-state index is 0.0652. The summed E-state index contributed by atoms with van der Waals surface area (Å²) >= 11 is 0. The summed E-state index contributed by atoms with van der Waals surface area (Å²) in [4.78, 5) is 12.7. The van der Waals surface area contributed by atoms with Gasteiger partial charge in [-0.2, -0.15) is 0 Å². The first-order chi connectivity index (χ1) is 8.41. The van der Waals surface area contributed by atoms with Gasteiger partial charge in [-0.15, -0.1) is 0 Å². The molecule has 1 aromatic carbocycles. The van der Waals surface area contributed by atoms with E-state index in [0.29, 0.717) is 0 Å². The predicted octanol–water partition coefficient (Wildman–Crippen LogP) is 1.22. The van der Waals surface area contributed by atoms with Gasteiger partial charge in [-0.1, -0.05) is 17.7 Å². The smallest absolute Gasteiger partial charge is 0.250 e. The molecule has 18 heavy (non-hydrogen) atoms. The molecule has 0 aliphatic rings. The van der Waals surface area contributed by atoms with Gasteiger partial charge in [0.05, 0.1) is 4.90 Å². The Balaban J connectivity index is 2.61. The lowest BCUT2D eigenvalue weighted by Crippen LogP contribution is -2.09. The van der Waals surface area contributed by atoms with Crippen LogP contribution >= 0.6 is 0 Å². The molecule has 6 heteroatoms. The number of aromatic nitrogens is 1. The molecule has 0 radical (unpaired) electrons. The highest BCUT2D eigenvalue weighted by atomic mass is 32.2. The molecule has 0 aliphatic carbocycles. The van der Waals surface area contributed by atoms with Crippen molar-refractivity contribution in [2.24, 2.45) is 0 Å². The van der Waals surface area contributed by atoms with Crippen LogP contribution in [0.4, 0.5) is 0 Å². The number of aromatic hydroxyl groups is 1. The second-order valence-electron chi connectivity index (χ2n) is 3.85. The number of nitrogens with one attached hydrogen (secondary N) is 1. The molecule has 0 amide bonds. The van der Waals surface area contributed by atoms with E-state index in [-0.39, 0.29) is 9.79 Å². The fourth-order valence-electron chi connectivity index (χ4n) is 1.51. The van der Waals surface area contributed by atoms with Crippen molar-refractivity contribution in [2.45, 2.75) is 16.7 Å². The molecule has 0 fully saturated rings. The van der Waals surface area contributed by atoms with Crippen LogP contribution in [0.5, 0.6) is 5.88 Å². The van der Waals surface area contributed by atoms with E-state index in [1.54, 1.807) is 12.1 Å². The van der Waals surface area contributed by atoms with Gasteiger partial charge >= 0.3 is 0 Å². The summed E-state index contributed by atoms with van der Waals surface area (Å²) in [5, 5.41) is 9.51. The van der Waals surface area contributed by atoms with Gasteiger partial charge in [0.1, 0.15) is 4.90 Å². The van der Waals surface area contributed by atoms with Gasteiger partial charge in [-0.05, 0) is 25.1 Å². The lowest BCUT2D eigenvalue weighted by molar-refractivity contribution is 0.434. The van der Waals surface area contributed by atoms with Gasteiger partial charge < -0.3 is 5.11 Å². The second-order valence-corrected chi connectivity index (χ2v) is 5.77. The molecule has 0 saturated carbocycles. The van der Waals surface area contributed by atoms with Crippen LogP contribution in [0.2, 0.25) is 0 Å². The summed E-state index contributed by atoms with van der Waals surface area (Å²) in [6.45, 7) is 1.84. The first-order valence-electron chi connectivity index (χ1n) is 5.15. The summed E-state index contributed by atoms with van der Waals surface area (Å²) in [5.74, 6) is -0.650. The minimum Gasteiger partial charge on any atom is -0.494 e. The van der Waals surface area contributed by atoms with Crippen molar-refractivity contribution in [1.82, 2.24) is 4.98 Å². The Labute approximate surface area is 104 Å². The molecule has 2 N–H and O–H groups in total. The number of hydrogen-bond acceptors (Lipinski definition) is 4. The van der Waals surface area contributed by atoms with E-state index in [4.69, 9.17) is 0 Å². The summed E-state index contributed by atoms with van der Waals surface area (Å²) in [5.41, 5.74) is 0.370. The maximum atomic E-state index is 12.2. The quantitative estimate of drug-likeness (QED) is 0.854. The third-order valence-corrected chi connectivity index (χ3v) is 4.28. The largest absolute Gasteiger partial charge is 0.494 e. The van der Waals surface area contributed by atoms with Crippen LogP contribution in [0.3, 0.4) is 0 Å². The van der Waals surface area contributed by atoms with E-state index in [1.807, 2.05) is 11.9 Å². The molecule has 0 spiro atoms. The lowest BCUT2D eigenvalue weighted by atomic mass is 10.2. The van der Waals surface area contributed by atoms with Crippen LogP contribution in [0.15, 0.2) is 51.0 Å². The van der Waals surface area contributed by atoms with Crippen LogP contribution < -0.4 is 5.56 Å². The topological polar surface area (TPSA) is 87.2 Å². The number of aryl methyl sites for hydroxylation is 1. The zero-order valence-electron chi connectivity index (χ0n) is 9.54. The van der Waals surface area contributed by atoms with Gasteiger partial charge in [0.15, 0.2) is 0 Å². The Kier molecular flexibility index (Phi) is 2.96. The third-order valence-electron chi connectivity index (χ3n) is 2.48. The number of pyridine rings is 1. The standard InChI is InChI=1S/C12H11NO4S/c1-8-2-4-9(5-3-8)18(16,17)10-6-7-11(14)13-12(10)15/h2-7H,1H3,(H2,13,14,15). The zero-order chi connectivity index (χ0) is 13.3. The minimum atomic E-state index is -3.82. The number of sulfone groups is 1. The van der Waals surface area contributed by atoms with E-state index in [0.717, 1.165) is 17.7 Å². The monoisotopic (exact) mass is 265 g/mol. The summed E-state index contributed by atoms with van der Waals surface area (Å²) < 4.78 is 24.4. The Morgan fingerprint density at radius 3 is 2.22 bits per heavy atom. The average molecular weight is 265 g/mol. The maximum Gasteiger partial charge on any atom is 0.250 e. The van der Waals surface area contributed by atoms with Gasteiger partial charge in [-0.25, -0.2) is 8.42 Å². The number of H-pyrrole nitrogens is 1. The maximum absolute atomic E-state index is 12.2. The fourth-order valence-corrected chi connectivity index (χ4v) is 2.81. The molecule has 0 unspecified atom stereocenters. The van der Waals surface area contributed by atoms with Crippen LogP contribution in [0.1, 0.15) is 5.56 Å². The Bertz CT molecular complexity index is 729. The third kappa shape index (κ3) is 2.14. The highest BCUT2D eigenvalue weighted by molar-refractivity contribution is 7.91. The summed E-state index contributed by atoms with van der Waals surface area (Å²) in [7, 11) is -3.82. The summed E-state index contributed by atoms with van der Waals surface area (Å²) in [6, 6.07) is 8.37. The molecule has 2 rings (SSSR count). The number of hydrogen-bond donors (Lipinski definition) is 2. The molecule has 0 bridgehead atoms. The average Bonchev–Trinajstić information content (AvgIpc) is 2.29. The Hall–Kier alpha value is -2.08. The summed E-state index contributed by atoms with van der Waals surface area (Å²) in [6.07, 6.45) is 0. The van der Waals surface area contributed by atoms with Crippen LogP contribution in [0.25, 0.3) is 0 Å². The van der Waals surface area contributed by atoms with Crippen LogP contribution in [-0.4, -0.2) is 18.5 Å². The number of rotatable bonds is 2. The predicted molar refractivity (Wildman–Crippen MR) is 65.4 cm³/mol. The highest BCUT2D eigenvalue weighted by Gasteiger charge is 2.21. The Morgan fingerprint density at radius 1 is 1.06 bits per heavy atom. The second kappa shape index (κ2) is 4.30.